The number of carboxylic acid groups (broad SMARTS) is 1. The van der Waals surface area contributed by atoms with Gasteiger partial charge in [-0.05, 0) is 24.7 Å². The van der Waals surface area contributed by atoms with Crippen molar-refractivity contribution in [1.29, 1.82) is 0 Å². The van der Waals surface area contributed by atoms with Crippen LogP contribution < -0.4 is 10.6 Å². The maximum atomic E-state index is 11.4. The number of hydrogen-bond acceptors (Lipinski definition) is 2. The number of hydrogen-bond donors (Lipinski definition) is 3. The molecule has 0 aromatic heterocycles. The number of aliphatic carboxylic acids is 1. The van der Waals surface area contributed by atoms with Gasteiger partial charge >= 0.3 is 12.0 Å². The van der Waals surface area contributed by atoms with Crippen LogP contribution in [0.1, 0.15) is 45.4 Å². The van der Waals surface area contributed by atoms with E-state index >= 15 is 0 Å². The van der Waals surface area contributed by atoms with Crippen LogP contribution in [0.5, 0.6) is 0 Å². The Hall–Kier alpha value is -1.26. The third-order valence-electron chi connectivity index (χ3n) is 3.52. The lowest BCUT2D eigenvalue weighted by Gasteiger charge is -2.25. The summed E-state index contributed by atoms with van der Waals surface area (Å²) in [7, 11) is 0. The molecule has 1 aliphatic rings. The van der Waals surface area contributed by atoms with E-state index in [9.17, 15) is 9.59 Å². The second-order valence-corrected chi connectivity index (χ2v) is 5.26. The number of amides is 2. The highest BCUT2D eigenvalue weighted by atomic mass is 16.4. The van der Waals surface area contributed by atoms with Crippen molar-refractivity contribution in [1.82, 2.24) is 10.6 Å². The molecular formula is C13H24N2O3. The normalized spacial score (nSPS) is 16.7. The van der Waals surface area contributed by atoms with Crippen LogP contribution in [-0.2, 0) is 4.79 Å². The summed E-state index contributed by atoms with van der Waals surface area (Å²) in [6.45, 7) is 3.21. The second kappa shape index (κ2) is 7.95. The number of carbonyl (C=O) groups excluding carboxylic acids is 1. The molecule has 3 N–H and O–H groups in total. The molecule has 18 heavy (non-hydrogen) atoms. The predicted molar refractivity (Wildman–Crippen MR) is 69.4 cm³/mol. The molecule has 0 aliphatic heterocycles. The van der Waals surface area contributed by atoms with Crippen LogP contribution in [0.25, 0.3) is 0 Å². The first-order valence-electron chi connectivity index (χ1n) is 6.81. The molecule has 1 saturated carbocycles. The molecule has 1 fully saturated rings. The van der Waals surface area contributed by atoms with Gasteiger partial charge < -0.3 is 15.7 Å². The van der Waals surface area contributed by atoms with Gasteiger partial charge in [-0.25, -0.2) is 4.79 Å². The first-order chi connectivity index (χ1) is 8.58. The van der Waals surface area contributed by atoms with E-state index in [0.717, 1.165) is 18.9 Å². The number of rotatable bonds is 8. The lowest BCUT2D eigenvalue weighted by atomic mass is 9.83. The molecular weight excluding hydrogens is 232 g/mol. The van der Waals surface area contributed by atoms with Gasteiger partial charge in [-0.3, -0.25) is 4.79 Å². The van der Waals surface area contributed by atoms with Crippen molar-refractivity contribution < 1.29 is 14.7 Å². The Morgan fingerprint density at radius 2 is 2.06 bits per heavy atom. The summed E-state index contributed by atoms with van der Waals surface area (Å²) in [5, 5.41) is 14.1. The monoisotopic (exact) mass is 256 g/mol. The van der Waals surface area contributed by atoms with Crippen molar-refractivity contribution in [2.45, 2.75) is 45.4 Å². The lowest BCUT2D eigenvalue weighted by molar-refractivity contribution is -0.137. The fourth-order valence-electron chi connectivity index (χ4n) is 1.97. The van der Waals surface area contributed by atoms with E-state index < -0.39 is 5.97 Å². The molecule has 5 heteroatoms. The SMILES string of the molecule is CC(CCC(=O)O)CNC(=O)NCCC1CCC1. The van der Waals surface area contributed by atoms with Crippen LogP contribution in [0.15, 0.2) is 0 Å². The van der Waals surface area contributed by atoms with E-state index in [1.54, 1.807) is 0 Å². The highest BCUT2D eigenvalue weighted by Gasteiger charge is 2.16. The molecule has 2 amide bonds. The van der Waals surface area contributed by atoms with Crippen molar-refractivity contribution >= 4 is 12.0 Å². The molecule has 0 aromatic carbocycles. The first-order valence-corrected chi connectivity index (χ1v) is 6.81. The minimum Gasteiger partial charge on any atom is -0.481 e. The van der Waals surface area contributed by atoms with Crippen LogP contribution >= 0.6 is 0 Å². The Bertz CT molecular complexity index is 277. The third kappa shape index (κ3) is 6.47. The van der Waals surface area contributed by atoms with Crippen LogP contribution in [0, 0.1) is 11.8 Å². The Balaban J connectivity index is 1.96. The molecule has 0 saturated heterocycles. The summed E-state index contributed by atoms with van der Waals surface area (Å²) >= 11 is 0. The second-order valence-electron chi connectivity index (χ2n) is 5.26. The van der Waals surface area contributed by atoms with E-state index in [1.165, 1.54) is 19.3 Å². The number of carbonyl (C=O) groups is 2. The minimum absolute atomic E-state index is 0.142. The molecule has 0 radical (unpaired) electrons. The zero-order chi connectivity index (χ0) is 13.4. The van der Waals surface area contributed by atoms with Crippen LogP contribution in [-0.4, -0.2) is 30.2 Å². The van der Waals surface area contributed by atoms with Crippen molar-refractivity contribution in [3.8, 4) is 0 Å². The quantitative estimate of drug-likeness (QED) is 0.621. The number of nitrogens with one attached hydrogen (secondary N) is 2. The topological polar surface area (TPSA) is 78.4 Å². The van der Waals surface area contributed by atoms with E-state index in [4.69, 9.17) is 5.11 Å². The molecule has 1 rings (SSSR count). The van der Waals surface area contributed by atoms with Gasteiger partial charge in [0, 0.05) is 19.5 Å². The Labute approximate surface area is 108 Å². The molecule has 5 nitrogen and oxygen atoms in total. The zero-order valence-electron chi connectivity index (χ0n) is 11.1. The average Bonchev–Trinajstić information content (AvgIpc) is 2.27. The summed E-state index contributed by atoms with van der Waals surface area (Å²) in [4.78, 5) is 21.8. The van der Waals surface area contributed by atoms with Gasteiger partial charge in [-0.15, -0.1) is 0 Å². The maximum Gasteiger partial charge on any atom is 0.314 e. The van der Waals surface area contributed by atoms with Crippen LogP contribution in [0.3, 0.4) is 0 Å². The smallest absolute Gasteiger partial charge is 0.314 e. The van der Waals surface area contributed by atoms with E-state index in [-0.39, 0.29) is 18.4 Å². The molecule has 1 unspecified atom stereocenters. The van der Waals surface area contributed by atoms with Gasteiger partial charge in [-0.1, -0.05) is 26.2 Å². The van der Waals surface area contributed by atoms with Crippen molar-refractivity contribution in [2.24, 2.45) is 11.8 Å². The largest absolute Gasteiger partial charge is 0.481 e. The molecule has 104 valence electrons. The minimum atomic E-state index is -0.785. The summed E-state index contributed by atoms with van der Waals surface area (Å²) < 4.78 is 0. The predicted octanol–water partition coefficient (Wildman–Crippen LogP) is 1.98. The van der Waals surface area contributed by atoms with Gasteiger partial charge in [0.05, 0.1) is 0 Å². The number of urea groups is 1. The summed E-state index contributed by atoms with van der Waals surface area (Å²) in [5.74, 6) is 0.213. The fourth-order valence-corrected chi connectivity index (χ4v) is 1.97. The zero-order valence-corrected chi connectivity index (χ0v) is 11.1. The average molecular weight is 256 g/mol. The van der Waals surface area contributed by atoms with E-state index in [1.807, 2.05) is 6.92 Å². The first kappa shape index (κ1) is 14.8. The van der Waals surface area contributed by atoms with Gasteiger partial charge in [-0.2, -0.15) is 0 Å². The summed E-state index contributed by atoms with van der Waals surface area (Å²) in [5.41, 5.74) is 0. The van der Waals surface area contributed by atoms with Gasteiger partial charge in [0.1, 0.15) is 0 Å². The number of carboxylic acids is 1. The molecule has 1 atom stereocenters. The Morgan fingerprint density at radius 3 is 2.61 bits per heavy atom. The molecule has 0 bridgehead atoms. The van der Waals surface area contributed by atoms with E-state index in [0.29, 0.717) is 13.0 Å². The molecule has 0 heterocycles. The van der Waals surface area contributed by atoms with E-state index in [2.05, 4.69) is 10.6 Å². The van der Waals surface area contributed by atoms with Crippen molar-refractivity contribution in [3.05, 3.63) is 0 Å². The molecule has 0 aromatic rings. The fraction of sp³-hybridized carbons (Fsp3) is 0.846. The highest BCUT2D eigenvalue weighted by Crippen LogP contribution is 2.28. The standard InChI is InChI=1S/C13H24N2O3/c1-10(5-6-12(16)17)9-15-13(18)14-8-7-11-3-2-4-11/h10-11H,2-9H2,1H3,(H,16,17)(H2,14,15,18). The summed E-state index contributed by atoms with van der Waals surface area (Å²) in [6, 6.07) is -0.142. The summed E-state index contributed by atoms with van der Waals surface area (Å²) in [6.07, 6.45) is 5.76. The van der Waals surface area contributed by atoms with Crippen LogP contribution in [0.2, 0.25) is 0 Å². The Morgan fingerprint density at radius 1 is 1.33 bits per heavy atom. The van der Waals surface area contributed by atoms with Crippen molar-refractivity contribution in [3.63, 3.8) is 0 Å². The Kier molecular flexibility index (Phi) is 6.54. The van der Waals surface area contributed by atoms with Gasteiger partial charge in [0.2, 0.25) is 0 Å². The third-order valence-corrected chi connectivity index (χ3v) is 3.52. The molecule has 0 spiro atoms. The van der Waals surface area contributed by atoms with Crippen LogP contribution in [0.4, 0.5) is 4.79 Å². The lowest BCUT2D eigenvalue weighted by Crippen LogP contribution is -2.39. The van der Waals surface area contributed by atoms with Gasteiger partial charge in [0.25, 0.3) is 0 Å². The van der Waals surface area contributed by atoms with Gasteiger partial charge in [0.15, 0.2) is 0 Å². The van der Waals surface area contributed by atoms with Crippen molar-refractivity contribution in [2.75, 3.05) is 13.1 Å². The maximum absolute atomic E-state index is 11.4. The highest BCUT2D eigenvalue weighted by molar-refractivity contribution is 5.73. The molecule has 1 aliphatic carbocycles.